The maximum atomic E-state index is 12.8. The first-order valence-electron chi connectivity index (χ1n) is 8.76. The molecule has 0 aromatic heterocycles. The predicted octanol–water partition coefficient (Wildman–Crippen LogP) is 3.41. The Morgan fingerprint density at radius 2 is 1.70 bits per heavy atom. The zero-order valence-electron chi connectivity index (χ0n) is 16.3. The van der Waals surface area contributed by atoms with E-state index in [0.717, 1.165) is 5.56 Å². The maximum absolute atomic E-state index is 12.8. The van der Waals surface area contributed by atoms with Crippen molar-refractivity contribution in [1.29, 1.82) is 0 Å². The quantitative estimate of drug-likeness (QED) is 0.783. The molecular weight excluding hydrogens is 344 g/mol. The van der Waals surface area contributed by atoms with Crippen LogP contribution in [0.25, 0.3) is 0 Å². The number of hydrogen-bond donors (Lipinski definition) is 2. The standard InChI is InChI=1S/C21H26N2O4/c1-13(2)19(23-20(24)16-9-7-6-8-14(16)3)21(25)22-17-11-10-15(26-4)12-18(17)27-5/h6-13,19H,1-5H3,(H,22,25)(H,23,24)/t19-/m0/s1. The fraction of sp³-hybridized carbons (Fsp3) is 0.333. The van der Waals surface area contributed by atoms with Crippen LogP contribution >= 0.6 is 0 Å². The monoisotopic (exact) mass is 370 g/mol. The Labute approximate surface area is 159 Å². The molecule has 1 atom stereocenters. The van der Waals surface area contributed by atoms with Gasteiger partial charge in [-0.15, -0.1) is 0 Å². The van der Waals surface area contributed by atoms with Crippen LogP contribution < -0.4 is 20.1 Å². The van der Waals surface area contributed by atoms with Gasteiger partial charge in [0, 0.05) is 11.6 Å². The van der Waals surface area contributed by atoms with Crippen molar-refractivity contribution in [1.82, 2.24) is 5.32 Å². The zero-order chi connectivity index (χ0) is 20.0. The van der Waals surface area contributed by atoms with E-state index in [0.29, 0.717) is 22.7 Å². The normalized spacial score (nSPS) is 11.6. The summed E-state index contributed by atoms with van der Waals surface area (Å²) in [5.74, 6) is 0.426. The molecule has 2 amide bonds. The Bertz CT molecular complexity index is 818. The van der Waals surface area contributed by atoms with Crippen molar-refractivity contribution in [2.45, 2.75) is 26.8 Å². The molecule has 2 rings (SSSR count). The summed E-state index contributed by atoms with van der Waals surface area (Å²) >= 11 is 0. The number of carbonyl (C=O) groups excluding carboxylic acids is 2. The Morgan fingerprint density at radius 1 is 1.00 bits per heavy atom. The average molecular weight is 370 g/mol. The molecule has 0 aliphatic rings. The molecular formula is C21H26N2O4. The Kier molecular flexibility index (Phi) is 6.82. The number of ether oxygens (including phenoxy) is 2. The van der Waals surface area contributed by atoms with Crippen LogP contribution in [0.4, 0.5) is 5.69 Å². The number of nitrogens with one attached hydrogen (secondary N) is 2. The predicted molar refractivity (Wildman–Crippen MR) is 105 cm³/mol. The van der Waals surface area contributed by atoms with Crippen LogP contribution in [-0.4, -0.2) is 32.1 Å². The van der Waals surface area contributed by atoms with E-state index in [-0.39, 0.29) is 17.7 Å². The first-order valence-corrected chi connectivity index (χ1v) is 8.76. The van der Waals surface area contributed by atoms with Crippen molar-refractivity contribution in [2.75, 3.05) is 19.5 Å². The van der Waals surface area contributed by atoms with Crippen LogP contribution in [0.1, 0.15) is 29.8 Å². The molecule has 144 valence electrons. The molecule has 2 aromatic rings. The summed E-state index contributed by atoms with van der Waals surface area (Å²) in [6, 6.07) is 11.7. The van der Waals surface area contributed by atoms with Gasteiger partial charge in [0.2, 0.25) is 5.91 Å². The number of aryl methyl sites for hydroxylation is 1. The van der Waals surface area contributed by atoms with Gasteiger partial charge in [-0.05, 0) is 36.6 Å². The molecule has 0 saturated carbocycles. The number of hydrogen-bond acceptors (Lipinski definition) is 4. The van der Waals surface area contributed by atoms with Crippen LogP contribution in [0.2, 0.25) is 0 Å². The van der Waals surface area contributed by atoms with E-state index >= 15 is 0 Å². The van der Waals surface area contributed by atoms with Gasteiger partial charge in [-0.2, -0.15) is 0 Å². The molecule has 0 radical (unpaired) electrons. The van der Waals surface area contributed by atoms with Crippen LogP contribution in [0, 0.1) is 12.8 Å². The first-order chi connectivity index (χ1) is 12.9. The van der Waals surface area contributed by atoms with Gasteiger partial charge >= 0.3 is 0 Å². The summed E-state index contributed by atoms with van der Waals surface area (Å²) in [5.41, 5.74) is 1.92. The Morgan fingerprint density at radius 3 is 2.30 bits per heavy atom. The van der Waals surface area contributed by atoms with Gasteiger partial charge in [-0.1, -0.05) is 32.0 Å². The molecule has 2 N–H and O–H groups in total. The number of methoxy groups -OCH3 is 2. The van der Waals surface area contributed by atoms with Crippen molar-refractivity contribution in [3.05, 3.63) is 53.6 Å². The van der Waals surface area contributed by atoms with Gasteiger partial charge in [0.05, 0.1) is 19.9 Å². The molecule has 0 spiro atoms. The molecule has 0 aliphatic heterocycles. The number of rotatable bonds is 7. The van der Waals surface area contributed by atoms with Crippen molar-refractivity contribution in [3.8, 4) is 11.5 Å². The summed E-state index contributed by atoms with van der Waals surface area (Å²) in [7, 11) is 3.08. The number of anilines is 1. The van der Waals surface area contributed by atoms with Crippen molar-refractivity contribution in [2.24, 2.45) is 5.92 Å². The average Bonchev–Trinajstić information content (AvgIpc) is 2.66. The van der Waals surface area contributed by atoms with Gasteiger partial charge in [-0.25, -0.2) is 0 Å². The highest BCUT2D eigenvalue weighted by Gasteiger charge is 2.26. The van der Waals surface area contributed by atoms with Crippen LogP contribution in [0.15, 0.2) is 42.5 Å². The van der Waals surface area contributed by atoms with Crippen LogP contribution in [0.3, 0.4) is 0 Å². The zero-order valence-corrected chi connectivity index (χ0v) is 16.3. The van der Waals surface area contributed by atoms with E-state index in [1.165, 1.54) is 7.11 Å². The molecule has 0 heterocycles. The molecule has 6 heteroatoms. The minimum absolute atomic E-state index is 0.0952. The topological polar surface area (TPSA) is 76.7 Å². The highest BCUT2D eigenvalue weighted by atomic mass is 16.5. The van der Waals surface area contributed by atoms with Gasteiger partial charge < -0.3 is 20.1 Å². The van der Waals surface area contributed by atoms with Gasteiger partial charge in [0.25, 0.3) is 5.91 Å². The van der Waals surface area contributed by atoms with Crippen LogP contribution in [-0.2, 0) is 4.79 Å². The largest absolute Gasteiger partial charge is 0.497 e. The third-order valence-electron chi connectivity index (χ3n) is 4.29. The van der Waals surface area contributed by atoms with E-state index in [9.17, 15) is 9.59 Å². The lowest BCUT2D eigenvalue weighted by atomic mass is 10.0. The fourth-order valence-corrected chi connectivity index (χ4v) is 2.69. The highest BCUT2D eigenvalue weighted by Crippen LogP contribution is 2.29. The van der Waals surface area contributed by atoms with E-state index in [1.807, 2.05) is 32.9 Å². The summed E-state index contributed by atoms with van der Waals surface area (Å²) in [6.45, 7) is 5.63. The summed E-state index contributed by atoms with van der Waals surface area (Å²) < 4.78 is 10.5. The van der Waals surface area contributed by atoms with E-state index < -0.39 is 6.04 Å². The highest BCUT2D eigenvalue weighted by molar-refractivity contribution is 6.02. The SMILES string of the molecule is COc1ccc(NC(=O)[C@@H](NC(=O)c2ccccc2C)C(C)C)c(OC)c1. The third kappa shape index (κ3) is 5.00. The molecule has 0 unspecified atom stereocenters. The maximum Gasteiger partial charge on any atom is 0.252 e. The molecule has 0 saturated heterocycles. The summed E-state index contributed by atoms with van der Waals surface area (Å²) in [6.07, 6.45) is 0. The Hall–Kier alpha value is -3.02. The molecule has 6 nitrogen and oxygen atoms in total. The van der Waals surface area contributed by atoms with E-state index in [2.05, 4.69) is 10.6 Å². The number of benzene rings is 2. The third-order valence-corrected chi connectivity index (χ3v) is 4.29. The molecule has 0 fully saturated rings. The lowest BCUT2D eigenvalue weighted by Crippen LogP contribution is -2.47. The second kappa shape index (κ2) is 9.07. The van der Waals surface area contributed by atoms with Crippen molar-refractivity contribution >= 4 is 17.5 Å². The van der Waals surface area contributed by atoms with Gasteiger partial charge in [0.15, 0.2) is 0 Å². The minimum Gasteiger partial charge on any atom is -0.497 e. The summed E-state index contributed by atoms with van der Waals surface area (Å²) in [4.78, 5) is 25.4. The molecule has 2 aromatic carbocycles. The molecule has 0 aliphatic carbocycles. The van der Waals surface area contributed by atoms with Gasteiger partial charge in [0.1, 0.15) is 17.5 Å². The number of amides is 2. The minimum atomic E-state index is -0.691. The first kappa shape index (κ1) is 20.3. The molecule has 0 bridgehead atoms. The van der Waals surface area contributed by atoms with Crippen LogP contribution in [0.5, 0.6) is 11.5 Å². The second-order valence-electron chi connectivity index (χ2n) is 6.57. The molecule has 27 heavy (non-hydrogen) atoms. The second-order valence-corrected chi connectivity index (χ2v) is 6.57. The number of carbonyl (C=O) groups is 2. The Balaban J connectivity index is 2.18. The fourth-order valence-electron chi connectivity index (χ4n) is 2.69. The summed E-state index contributed by atoms with van der Waals surface area (Å²) in [5, 5.41) is 5.67. The van der Waals surface area contributed by atoms with Gasteiger partial charge in [-0.3, -0.25) is 9.59 Å². The van der Waals surface area contributed by atoms with E-state index in [1.54, 1.807) is 37.4 Å². The lowest BCUT2D eigenvalue weighted by molar-refractivity contribution is -0.118. The van der Waals surface area contributed by atoms with Crippen molar-refractivity contribution in [3.63, 3.8) is 0 Å². The smallest absolute Gasteiger partial charge is 0.252 e. The van der Waals surface area contributed by atoms with E-state index in [4.69, 9.17) is 9.47 Å². The van der Waals surface area contributed by atoms with Crippen molar-refractivity contribution < 1.29 is 19.1 Å². The lowest BCUT2D eigenvalue weighted by Gasteiger charge is -2.23.